The molecule has 2 atom stereocenters. The maximum atomic E-state index is 14.2. The van der Waals surface area contributed by atoms with Gasteiger partial charge in [0.2, 0.25) is 5.91 Å². The van der Waals surface area contributed by atoms with Crippen LogP contribution in [0.4, 0.5) is 10.5 Å². The molecule has 1 heterocycles. The lowest BCUT2D eigenvalue weighted by Gasteiger charge is -2.30. The van der Waals surface area contributed by atoms with Crippen molar-refractivity contribution in [2.24, 2.45) is 0 Å². The molecule has 11 heteroatoms. The lowest BCUT2D eigenvalue weighted by molar-refractivity contribution is -0.130. The number of para-hydroxylation sites is 1. The van der Waals surface area contributed by atoms with Gasteiger partial charge in [-0.3, -0.25) is 14.5 Å². The summed E-state index contributed by atoms with van der Waals surface area (Å²) in [5.41, 5.74) is 0.443. The topological polar surface area (TPSA) is 124 Å². The fourth-order valence-electron chi connectivity index (χ4n) is 4.76. The molecule has 0 spiro atoms. The minimum absolute atomic E-state index is 0.0457. The molecule has 43 heavy (non-hydrogen) atoms. The summed E-state index contributed by atoms with van der Waals surface area (Å²) in [5, 5.41) is 4.56. The van der Waals surface area contributed by atoms with Crippen LogP contribution >= 0.6 is 0 Å². The number of nitrogens with zero attached hydrogens (tertiary/aromatic N) is 2. The van der Waals surface area contributed by atoms with Crippen molar-refractivity contribution in [1.82, 2.24) is 10.2 Å². The van der Waals surface area contributed by atoms with Gasteiger partial charge in [0.05, 0.1) is 26.5 Å². The summed E-state index contributed by atoms with van der Waals surface area (Å²) in [5.74, 6) is -0.983. The Morgan fingerprint density at radius 1 is 1.07 bits per heavy atom. The molecule has 3 amide bonds. The van der Waals surface area contributed by atoms with Gasteiger partial charge in [-0.25, -0.2) is 9.59 Å². The second-order valence-corrected chi connectivity index (χ2v) is 11.2. The van der Waals surface area contributed by atoms with Crippen LogP contribution in [0.25, 0.3) is 10.8 Å². The van der Waals surface area contributed by atoms with Crippen LogP contribution in [0.1, 0.15) is 43.6 Å². The summed E-state index contributed by atoms with van der Waals surface area (Å²) >= 11 is 0. The van der Waals surface area contributed by atoms with E-state index >= 15 is 0 Å². The smallest absolute Gasteiger partial charge is 0.410 e. The molecular formula is C32H37N3O8. The molecule has 1 N–H and O–H groups in total. The van der Waals surface area contributed by atoms with Gasteiger partial charge in [0.1, 0.15) is 35.6 Å². The van der Waals surface area contributed by atoms with E-state index in [0.717, 1.165) is 21.2 Å². The second kappa shape index (κ2) is 12.6. The number of carbonyl (C=O) groups is 4. The van der Waals surface area contributed by atoms with Crippen molar-refractivity contribution in [2.45, 2.75) is 51.9 Å². The zero-order valence-corrected chi connectivity index (χ0v) is 25.4. The number of hydrogen-bond acceptors (Lipinski definition) is 8. The number of esters is 1. The van der Waals surface area contributed by atoms with Crippen molar-refractivity contribution >= 4 is 40.3 Å². The zero-order chi connectivity index (χ0) is 31.5. The molecule has 11 nitrogen and oxygen atoms in total. The average Bonchev–Trinajstić information content (AvgIpc) is 3.11. The van der Waals surface area contributed by atoms with E-state index in [-0.39, 0.29) is 24.5 Å². The summed E-state index contributed by atoms with van der Waals surface area (Å²) in [6.07, 6.45) is -0.682. The molecular weight excluding hydrogens is 554 g/mol. The Morgan fingerprint density at radius 3 is 2.47 bits per heavy atom. The van der Waals surface area contributed by atoms with Gasteiger partial charge in [-0.1, -0.05) is 36.4 Å². The summed E-state index contributed by atoms with van der Waals surface area (Å²) in [4.78, 5) is 55.4. The van der Waals surface area contributed by atoms with Gasteiger partial charge in [-0.15, -0.1) is 0 Å². The van der Waals surface area contributed by atoms with E-state index in [9.17, 15) is 19.2 Å². The SMILES string of the molecule is COC(=O)c1cccc2c1OC[C@H](NC(=O)[C@H](C)N(C)C(=O)OC(C)(C)C)C(=O)N2Cc1c(OC)ccc2ccccc12. The molecule has 1 aliphatic heterocycles. The van der Waals surface area contributed by atoms with E-state index in [0.29, 0.717) is 11.4 Å². The van der Waals surface area contributed by atoms with Crippen LogP contribution in [0.15, 0.2) is 54.6 Å². The predicted octanol–water partition coefficient (Wildman–Crippen LogP) is 4.30. The molecule has 0 unspecified atom stereocenters. The Hall–Kier alpha value is -4.80. The van der Waals surface area contributed by atoms with Crippen LogP contribution in [0, 0.1) is 0 Å². The van der Waals surface area contributed by atoms with Crippen molar-refractivity contribution in [2.75, 3.05) is 32.8 Å². The van der Waals surface area contributed by atoms with E-state index in [1.165, 1.54) is 26.0 Å². The summed E-state index contributed by atoms with van der Waals surface area (Å²) < 4.78 is 22.1. The molecule has 0 saturated heterocycles. The van der Waals surface area contributed by atoms with Crippen molar-refractivity contribution < 1.29 is 38.1 Å². The van der Waals surface area contributed by atoms with Gasteiger partial charge in [-0.2, -0.15) is 0 Å². The number of fused-ring (bicyclic) bond motifs is 2. The number of ether oxygens (including phenoxy) is 4. The Labute approximate surface area is 250 Å². The third-order valence-electron chi connectivity index (χ3n) is 7.14. The first kappa shape index (κ1) is 31.1. The predicted molar refractivity (Wildman–Crippen MR) is 160 cm³/mol. The minimum atomic E-state index is -1.15. The molecule has 4 rings (SSSR count). The zero-order valence-electron chi connectivity index (χ0n) is 25.4. The molecule has 0 fully saturated rings. The third kappa shape index (κ3) is 6.66. The summed E-state index contributed by atoms with van der Waals surface area (Å²) in [7, 11) is 4.26. The highest BCUT2D eigenvalue weighted by Crippen LogP contribution is 2.38. The van der Waals surface area contributed by atoms with E-state index in [2.05, 4.69) is 5.32 Å². The maximum Gasteiger partial charge on any atom is 0.410 e. The number of nitrogens with one attached hydrogen (secondary N) is 1. The molecule has 0 aliphatic carbocycles. The largest absolute Gasteiger partial charge is 0.496 e. The van der Waals surface area contributed by atoms with Crippen LogP contribution in [-0.4, -0.2) is 74.3 Å². The van der Waals surface area contributed by atoms with E-state index in [1.54, 1.807) is 46.1 Å². The molecule has 3 aromatic carbocycles. The van der Waals surface area contributed by atoms with Gasteiger partial charge in [-0.05, 0) is 56.7 Å². The lowest BCUT2D eigenvalue weighted by atomic mass is 10.0. The second-order valence-electron chi connectivity index (χ2n) is 11.2. The monoisotopic (exact) mass is 591 g/mol. The van der Waals surface area contributed by atoms with Crippen LogP contribution in [0.5, 0.6) is 11.5 Å². The van der Waals surface area contributed by atoms with Crippen molar-refractivity contribution in [1.29, 1.82) is 0 Å². The van der Waals surface area contributed by atoms with Gasteiger partial charge in [0.15, 0.2) is 5.75 Å². The first-order chi connectivity index (χ1) is 20.4. The van der Waals surface area contributed by atoms with Crippen LogP contribution in [0.2, 0.25) is 0 Å². The first-order valence-electron chi connectivity index (χ1n) is 13.8. The number of carbonyl (C=O) groups excluding carboxylic acids is 4. The Balaban J connectivity index is 1.73. The van der Waals surface area contributed by atoms with Crippen molar-refractivity contribution in [3.63, 3.8) is 0 Å². The molecule has 0 aromatic heterocycles. The quantitative estimate of drug-likeness (QED) is 0.404. The van der Waals surface area contributed by atoms with Gasteiger partial charge >= 0.3 is 12.1 Å². The normalized spacial score (nSPS) is 15.5. The number of amides is 3. The average molecular weight is 592 g/mol. The molecule has 0 bridgehead atoms. The van der Waals surface area contributed by atoms with Crippen molar-refractivity contribution in [3.8, 4) is 11.5 Å². The summed E-state index contributed by atoms with van der Waals surface area (Å²) in [6, 6.07) is 14.2. The lowest BCUT2D eigenvalue weighted by Crippen LogP contribution is -2.55. The van der Waals surface area contributed by atoms with Gasteiger partial charge in [0, 0.05) is 12.6 Å². The van der Waals surface area contributed by atoms with Crippen molar-refractivity contribution in [3.05, 3.63) is 65.7 Å². The first-order valence-corrected chi connectivity index (χ1v) is 13.8. The minimum Gasteiger partial charge on any atom is -0.496 e. The van der Waals surface area contributed by atoms with E-state index in [1.807, 2.05) is 36.4 Å². The number of rotatable bonds is 7. The number of hydrogen-bond donors (Lipinski definition) is 1. The number of methoxy groups -OCH3 is 2. The highest BCUT2D eigenvalue weighted by molar-refractivity contribution is 6.05. The fraction of sp³-hybridized carbons (Fsp3) is 0.375. The Bertz CT molecular complexity index is 1550. The highest BCUT2D eigenvalue weighted by Gasteiger charge is 2.37. The molecule has 3 aromatic rings. The molecule has 0 saturated carbocycles. The van der Waals surface area contributed by atoms with Gasteiger partial charge in [0.25, 0.3) is 5.91 Å². The summed E-state index contributed by atoms with van der Waals surface area (Å²) in [6.45, 7) is 6.49. The van der Waals surface area contributed by atoms with E-state index in [4.69, 9.17) is 18.9 Å². The Kier molecular flexibility index (Phi) is 9.13. The molecule has 0 radical (unpaired) electrons. The standard InChI is InChI=1S/C32H37N3O8/c1-19(34(5)31(39)43-32(2,3)4)28(36)33-24-18-42-27-22(30(38)41-7)13-10-14-25(27)35(29(24)37)17-23-21-12-9-8-11-20(21)15-16-26(23)40-6/h8-16,19,24H,17-18H2,1-7H3,(H,33,36)/t19-,24-/m0/s1. The van der Waals surface area contributed by atoms with Crippen LogP contribution < -0.4 is 19.7 Å². The molecule has 1 aliphatic rings. The van der Waals surface area contributed by atoms with Crippen LogP contribution in [-0.2, 0) is 25.6 Å². The number of benzene rings is 3. The van der Waals surface area contributed by atoms with Gasteiger partial charge < -0.3 is 29.2 Å². The fourth-order valence-corrected chi connectivity index (χ4v) is 4.76. The Morgan fingerprint density at radius 2 is 1.79 bits per heavy atom. The molecule has 228 valence electrons. The maximum absolute atomic E-state index is 14.2. The highest BCUT2D eigenvalue weighted by atomic mass is 16.6. The number of anilines is 1. The number of likely N-dealkylation sites (N-methyl/N-ethyl adjacent to an activating group) is 1. The van der Waals surface area contributed by atoms with Crippen LogP contribution in [0.3, 0.4) is 0 Å². The van der Waals surface area contributed by atoms with E-state index < -0.39 is 41.6 Å². The third-order valence-corrected chi connectivity index (χ3v) is 7.14.